The van der Waals surface area contributed by atoms with Crippen LogP contribution in [0.15, 0.2) is 23.6 Å². The molecule has 3 rings (SSSR count). The largest absolute Gasteiger partial charge is 0.345 e. The van der Waals surface area contributed by atoms with Gasteiger partial charge in [-0.15, -0.1) is 0 Å². The number of Topliss-reactive ketones (excluding diaryl/α,β-unsaturated/α-hetero) is 1. The van der Waals surface area contributed by atoms with Gasteiger partial charge in [0, 0.05) is 42.4 Å². The zero-order valence-electron chi connectivity index (χ0n) is 13.5. The molecule has 4 nitrogen and oxygen atoms in total. The number of rotatable bonds is 5. The second-order valence-corrected chi connectivity index (χ2v) is 7.07. The molecule has 5 heteroatoms. The van der Waals surface area contributed by atoms with Crippen molar-refractivity contribution in [3.8, 4) is 0 Å². The number of carbonyl (C=O) groups excluding carboxylic acids is 1. The van der Waals surface area contributed by atoms with E-state index in [0.29, 0.717) is 11.8 Å². The van der Waals surface area contributed by atoms with Crippen LogP contribution < -0.4 is 0 Å². The predicted molar refractivity (Wildman–Crippen MR) is 89.7 cm³/mol. The molecule has 1 aliphatic rings. The molecule has 0 aliphatic heterocycles. The summed E-state index contributed by atoms with van der Waals surface area (Å²) in [5, 5.41) is 0.887. The lowest BCUT2D eigenvalue weighted by atomic mass is 10.2. The Hall–Kier alpha value is -1.49. The van der Waals surface area contributed by atoms with E-state index in [0.717, 1.165) is 16.4 Å². The van der Waals surface area contributed by atoms with Crippen LogP contribution in [0.4, 0.5) is 0 Å². The minimum Gasteiger partial charge on any atom is -0.345 e. The van der Waals surface area contributed by atoms with Crippen molar-refractivity contribution in [2.75, 3.05) is 5.75 Å². The van der Waals surface area contributed by atoms with Crippen LogP contribution >= 0.6 is 11.8 Å². The minimum atomic E-state index is 0.199. The maximum atomic E-state index is 12.6. The van der Waals surface area contributed by atoms with Gasteiger partial charge in [-0.3, -0.25) is 4.79 Å². The Morgan fingerprint density at radius 1 is 1.36 bits per heavy atom. The third kappa shape index (κ3) is 2.86. The van der Waals surface area contributed by atoms with Crippen LogP contribution in [-0.2, 0) is 7.05 Å². The summed E-state index contributed by atoms with van der Waals surface area (Å²) in [5.74, 6) is 0.644. The lowest BCUT2D eigenvalue weighted by molar-refractivity contribution is 0.102. The molecule has 0 spiro atoms. The molecule has 0 N–H and O–H groups in total. The smallest absolute Gasteiger partial charge is 0.175 e. The van der Waals surface area contributed by atoms with Crippen LogP contribution in [0.25, 0.3) is 0 Å². The summed E-state index contributed by atoms with van der Waals surface area (Å²) < 4.78 is 4.32. The van der Waals surface area contributed by atoms with Crippen molar-refractivity contribution >= 4 is 17.5 Å². The van der Waals surface area contributed by atoms with Gasteiger partial charge in [0.1, 0.15) is 0 Å². The highest BCUT2D eigenvalue weighted by Crippen LogP contribution is 2.33. The van der Waals surface area contributed by atoms with Crippen molar-refractivity contribution in [2.24, 2.45) is 7.05 Å². The lowest BCUT2D eigenvalue weighted by Crippen LogP contribution is -2.10. The molecule has 1 fully saturated rings. The van der Waals surface area contributed by atoms with Gasteiger partial charge in [0.15, 0.2) is 10.9 Å². The van der Waals surface area contributed by atoms with Gasteiger partial charge in [0.25, 0.3) is 0 Å². The van der Waals surface area contributed by atoms with Crippen LogP contribution in [0.3, 0.4) is 0 Å². The van der Waals surface area contributed by atoms with Crippen LogP contribution in [-0.4, -0.2) is 25.7 Å². The number of nitrogens with zero attached hydrogens (tertiary/aromatic N) is 3. The van der Waals surface area contributed by atoms with Crippen molar-refractivity contribution < 1.29 is 4.79 Å². The fraction of sp³-hybridized carbons (Fsp3) is 0.529. The molecule has 2 heterocycles. The maximum Gasteiger partial charge on any atom is 0.175 e. The van der Waals surface area contributed by atoms with E-state index in [1.54, 1.807) is 6.20 Å². The van der Waals surface area contributed by atoms with Crippen molar-refractivity contribution in [3.05, 3.63) is 35.4 Å². The number of hydrogen-bond donors (Lipinski definition) is 0. The average molecular weight is 317 g/mol. The number of ketones is 1. The van der Waals surface area contributed by atoms with Gasteiger partial charge < -0.3 is 9.13 Å². The normalized spacial score (nSPS) is 15.6. The van der Waals surface area contributed by atoms with Crippen molar-refractivity contribution in [2.45, 2.75) is 50.7 Å². The molecule has 0 bridgehead atoms. The Kier molecular flexibility index (Phi) is 4.43. The van der Waals surface area contributed by atoms with E-state index in [1.165, 1.54) is 43.1 Å². The fourth-order valence-corrected chi connectivity index (χ4v) is 4.30. The molecule has 0 aromatic carbocycles. The zero-order chi connectivity index (χ0) is 15.7. The maximum absolute atomic E-state index is 12.6. The molecule has 0 unspecified atom stereocenters. The number of aryl methyl sites for hydroxylation is 2. The Morgan fingerprint density at radius 2 is 2.09 bits per heavy atom. The molecule has 1 saturated carbocycles. The van der Waals surface area contributed by atoms with E-state index in [-0.39, 0.29) is 5.78 Å². The zero-order valence-corrected chi connectivity index (χ0v) is 14.3. The van der Waals surface area contributed by atoms with Crippen LogP contribution in [0, 0.1) is 13.8 Å². The molecule has 2 aromatic rings. The molecule has 0 atom stereocenters. The molecular weight excluding hydrogens is 294 g/mol. The number of thioether (sulfide) groups is 1. The Balaban J connectivity index is 1.75. The van der Waals surface area contributed by atoms with Gasteiger partial charge in [-0.1, -0.05) is 24.6 Å². The van der Waals surface area contributed by atoms with Crippen molar-refractivity contribution in [1.82, 2.24) is 14.1 Å². The minimum absolute atomic E-state index is 0.199. The number of hydrogen-bond acceptors (Lipinski definition) is 3. The highest BCUT2D eigenvalue weighted by atomic mass is 32.2. The van der Waals surface area contributed by atoms with Gasteiger partial charge in [0.05, 0.1) is 5.75 Å². The summed E-state index contributed by atoms with van der Waals surface area (Å²) in [6.07, 6.45) is 8.76. The molecule has 118 valence electrons. The highest BCUT2D eigenvalue weighted by Gasteiger charge is 2.23. The number of aromatic nitrogens is 3. The molecule has 0 saturated heterocycles. The Morgan fingerprint density at radius 3 is 2.73 bits per heavy atom. The fourth-order valence-electron chi connectivity index (χ4n) is 3.48. The molecule has 22 heavy (non-hydrogen) atoms. The molecule has 0 radical (unpaired) electrons. The first kappa shape index (κ1) is 15.4. The highest BCUT2D eigenvalue weighted by molar-refractivity contribution is 7.99. The van der Waals surface area contributed by atoms with E-state index in [2.05, 4.69) is 29.5 Å². The summed E-state index contributed by atoms with van der Waals surface area (Å²) in [4.78, 5) is 16.8. The van der Waals surface area contributed by atoms with Gasteiger partial charge in [-0.2, -0.15) is 0 Å². The first-order chi connectivity index (χ1) is 10.6. The van der Waals surface area contributed by atoms with Gasteiger partial charge in [-0.05, 0) is 32.8 Å². The lowest BCUT2D eigenvalue weighted by Gasteiger charge is -2.17. The summed E-state index contributed by atoms with van der Waals surface area (Å²) in [5.41, 5.74) is 3.23. The van der Waals surface area contributed by atoms with Crippen LogP contribution in [0.5, 0.6) is 0 Å². The van der Waals surface area contributed by atoms with E-state index in [9.17, 15) is 4.79 Å². The average Bonchev–Trinajstić information content (AvgIpc) is 3.18. The molecular formula is C17H23N3OS. The van der Waals surface area contributed by atoms with E-state index >= 15 is 0 Å². The number of imidazole rings is 1. The quantitative estimate of drug-likeness (QED) is 0.619. The summed E-state index contributed by atoms with van der Waals surface area (Å²) in [6, 6.07) is 2.65. The van der Waals surface area contributed by atoms with E-state index in [1.807, 2.05) is 17.8 Å². The van der Waals surface area contributed by atoms with E-state index < -0.39 is 0 Å². The first-order valence-corrected chi connectivity index (χ1v) is 8.88. The van der Waals surface area contributed by atoms with Crippen molar-refractivity contribution in [1.29, 1.82) is 0 Å². The van der Waals surface area contributed by atoms with Gasteiger partial charge >= 0.3 is 0 Å². The summed E-state index contributed by atoms with van der Waals surface area (Å²) >= 11 is 1.51. The SMILES string of the molecule is Cc1cc(C(=O)CSc2nccn2C)c(C)n1C1CCCC1. The standard InChI is InChI=1S/C17H23N3OS/c1-12-10-15(13(2)20(12)14-6-4-5-7-14)16(21)11-22-17-18-8-9-19(17)3/h8-10,14H,4-7,11H2,1-3H3. The van der Waals surface area contributed by atoms with E-state index in [4.69, 9.17) is 0 Å². The van der Waals surface area contributed by atoms with Gasteiger partial charge in [-0.25, -0.2) is 4.98 Å². The predicted octanol–water partition coefficient (Wildman–Crippen LogP) is 3.93. The van der Waals surface area contributed by atoms with Crippen molar-refractivity contribution in [3.63, 3.8) is 0 Å². The third-order valence-electron chi connectivity index (χ3n) is 4.58. The second kappa shape index (κ2) is 6.32. The summed E-state index contributed by atoms with van der Waals surface area (Å²) in [6.45, 7) is 4.21. The molecule has 0 amide bonds. The number of carbonyl (C=O) groups is 1. The molecule has 2 aromatic heterocycles. The second-order valence-electron chi connectivity index (χ2n) is 6.13. The van der Waals surface area contributed by atoms with Gasteiger partial charge in [0.2, 0.25) is 0 Å². The first-order valence-electron chi connectivity index (χ1n) is 7.89. The Bertz CT molecular complexity index is 680. The van der Waals surface area contributed by atoms with Crippen LogP contribution in [0.2, 0.25) is 0 Å². The monoisotopic (exact) mass is 317 g/mol. The summed E-state index contributed by atoms with van der Waals surface area (Å²) in [7, 11) is 1.95. The third-order valence-corrected chi connectivity index (χ3v) is 5.64. The Labute approximate surface area is 135 Å². The van der Waals surface area contributed by atoms with Crippen LogP contribution in [0.1, 0.15) is 53.5 Å². The topological polar surface area (TPSA) is 39.8 Å². The molecule has 1 aliphatic carbocycles.